The first-order chi connectivity index (χ1) is 16.8. The highest BCUT2D eigenvalue weighted by atomic mass is 79.9. The Morgan fingerprint density at radius 2 is 2.00 bits per heavy atom. The molecule has 0 atom stereocenters. The van der Waals surface area contributed by atoms with Crippen LogP contribution in [-0.4, -0.2) is 40.9 Å². The standard InChI is InChI=1S/C25H25BrClNO5S2/c1-3-11-32-22(29)9-10-28-24(30)21(35-25(28)34)14-16-12-18(26)23(20(13-16)31-4-2)33-15-17-7-5-6-8-19(17)27/h5-8,12-14H,3-4,9-11,15H2,1-2H3/b21-14-. The van der Waals surface area contributed by atoms with E-state index in [1.54, 1.807) is 6.08 Å². The summed E-state index contributed by atoms with van der Waals surface area (Å²) in [5.74, 6) is 0.496. The molecule has 2 aromatic rings. The number of thioether (sulfide) groups is 1. The maximum atomic E-state index is 12.9. The summed E-state index contributed by atoms with van der Waals surface area (Å²) < 4.78 is 18.0. The van der Waals surface area contributed by atoms with Crippen molar-refractivity contribution in [1.29, 1.82) is 0 Å². The number of ether oxygens (including phenoxy) is 3. The van der Waals surface area contributed by atoms with E-state index in [0.29, 0.717) is 43.4 Å². The second-order valence-corrected chi connectivity index (χ2v) is 10.4. The molecule has 1 amide bonds. The summed E-state index contributed by atoms with van der Waals surface area (Å²) >= 11 is 16.4. The van der Waals surface area contributed by atoms with Crippen molar-refractivity contribution in [2.24, 2.45) is 0 Å². The molecule has 1 heterocycles. The van der Waals surface area contributed by atoms with Crippen LogP contribution in [0.3, 0.4) is 0 Å². The Bertz CT molecular complexity index is 1140. The summed E-state index contributed by atoms with van der Waals surface area (Å²) in [6, 6.07) is 11.1. The first kappa shape index (κ1) is 27.5. The van der Waals surface area contributed by atoms with Gasteiger partial charge in [0.1, 0.15) is 10.9 Å². The Balaban J connectivity index is 1.76. The van der Waals surface area contributed by atoms with Gasteiger partial charge in [0.05, 0.1) is 29.0 Å². The number of halogens is 2. The highest BCUT2D eigenvalue weighted by Gasteiger charge is 2.32. The van der Waals surface area contributed by atoms with Gasteiger partial charge in [0.15, 0.2) is 11.5 Å². The van der Waals surface area contributed by atoms with Gasteiger partial charge in [0, 0.05) is 17.1 Å². The zero-order valence-corrected chi connectivity index (χ0v) is 23.3. The Hall–Kier alpha value is -2.07. The van der Waals surface area contributed by atoms with Crippen molar-refractivity contribution in [1.82, 2.24) is 4.90 Å². The molecule has 1 fully saturated rings. The highest BCUT2D eigenvalue weighted by molar-refractivity contribution is 9.10. The molecule has 0 unspecified atom stereocenters. The number of thiocarbonyl (C=S) groups is 1. The van der Waals surface area contributed by atoms with Crippen LogP contribution in [-0.2, 0) is 20.9 Å². The molecule has 0 bridgehead atoms. The lowest BCUT2D eigenvalue weighted by Crippen LogP contribution is -2.30. The fourth-order valence-electron chi connectivity index (χ4n) is 3.17. The van der Waals surface area contributed by atoms with Crippen LogP contribution in [0.15, 0.2) is 45.8 Å². The van der Waals surface area contributed by atoms with Crippen molar-refractivity contribution in [3.63, 3.8) is 0 Å². The lowest BCUT2D eigenvalue weighted by atomic mass is 10.1. The van der Waals surface area contributed by atoms with E-state index in [1.807, 2.05) is 50.2 Å². The second kappa shape index (κ2) is 13.3. The van der Waals surface area contributed by atoms with Gasteiger partial charge in [-0.25, -0.2) is 0 Å². The summed E-state index contributed by atoms with van der Waals surface area (Å²) in [6.45, 7) is 5.08. The van der Waals surface area contributed by atoms with E-state index in [9.17, 15) is 9.59 Å². The number of carbonyl (C=O) groups excluding carboxylic acids is 2. The number of amides is 1. The monoisotopic (exact) mass is 597 g/mol. The summed E-state index contributed by atoms with van der Waals surface area (Å²) in [6.07, 6.45) is 2.59. The van der Waals surface area contributed by atoms with Crippen LogP contribution < -0.4 is 9.47 Å². The number of esters is 1. The normalized spacial score (nSPS) is 14.5. The van der Waals surface area contributed by atoms with Crippen molar-refractivity contribution in [3.05, 3.63) is 61.9 Å². The molecule has 0 N–H and O–H groups in total. The van der Waals surface area contributed by atoms with Gasteiger partial charge in [-0.1, -0.05) is 60.7 Å². The van der Waals surface area contributed by atoms with E-state index in [-0.39, 0.29) is 31.4 Å². The van der Waals surface area contributed by atoms with Gasteiger partial charge in [-0.15, -0.1) is 0 Å². The van der Waals surface area contributed by atoms with Gasteiger partial charge >= 0.3 is 5.97 Å². The number of rotatable bonds is 11. The minimum absolute atomic E-state index is 0.0945. The quantitative estimate of drug-likeness (QED) is 0.164. The van der Waals surface area contributed by atoms with E-state index >= 15 is 0 Å². The Morgan fingerprint density at radius 1 is 1.23 bits per heavy atom. The third-order valence-electron chi connectivity index (χ3n) is 4.84. The Morgan fingerprint density at radius 3 is 2.71 bits per heavy atom. The van der Waals surface area contributed by atoms with Crippen LogP contribution >= 0.6 is 51.5 Å². The molecular formula is C25H25BrClNO5S2. The third-order valence-corrected chi connectivity index (χ3v) is 7.18. The third kappa shape index (κ3) is 7.46. The molecule has 3 rings (SSSR count). The van der Waals surface area contributed by atoms with E-state index in [2.05, 4.69) is 15.9 Å². The molecule has 1 aliphatic heterocycles. The Labute approximate surface area is 228 Å². The number of hydrogen-bond acceptors (Lipinski definition) is 7. The molecule has 1 saturated heterocycles. The smallest absolute Gasteiger partial charge is 0.307 e. The fraction of sp³-hybridized carbons (Fsp3) is 0.320. The minimum atomic E-state index is -0.345. The molecule has 1 aliphatic rings. The molecular weight excluding hydrogens is 574 g/mol. The molecule has 6 nitrogen and oxygen atoms in total. The van der Waals surface area contributed by atoms with Gasteiger partial charge in [-0.05, 0) is 59.1 Å². The van der Waals surface area contributed by atoms with Crippen LogP contribution in [0.25, 0.3) is 6.08 Å². The van der Waals surface area contributed by atoms with Crippen molar-refractivity contribution in [2.45, 2.75) is 33.3 Å². The topological polar surface area (TPSA) is 65.1 Å². The van der Waals surface area contributed by atoms with Crippen molar-refractivity contribution >= 4 is 73.8 Å². The number of carbonyl (C=O) groups is 2. The van der Waals surface area contributed by atoms with E-state index < -0.39 is 0 Å². The van der Waals surface area contributed by atoms with Gasteiger partial charge in [0.2, 0.25) is 0 Å². The SMILES string of the molecule is CCCOC(=O)CCN1C(=O)/C(=C/c2cc(Br)c(OCc3ccccc3Cl)c(OCC)c2)SC1=S. The summed E-state index contributed by atoms with van der Waals surface area (Å²) in [5.41, 5.74) is 1.60. The molecule has 0 aromatic heterocycles. The largest absolute Gasteiger partial charge is 0.490 e. The fourth-order valence-corrected chi connectivity index (χ4v) is 5.25. The summed E-state index contributed by atoms with van der Waals surface area (Å²) in [4.78, 5) is 26.6. The average molecular weight is 599 g/mol. The van der Waals surface area contributed by atoms with Gasteiger partial charge in [-0.3, -0.25) is 14.5 Å². The zero-order chi connectivity index (χ0) is 25.4. The van der Waals surface area contributed by atoms with E-state index in [4.69, 9.17) is 38.0 Å². The number of benzene rings is 2. The first-order valence-corrected chi connectivity index (χ1v) is 13.5. The summed E-state index contributed by atoms with van der Waals surface area (Å²) in [7, 11) is 0. The number of nitrogens with zero attached hydrogens (tertiary/aromatic N) is 1. The van der Waals surface area contributed by atoms with E-state index in [1.165, 1.54) is 16.7 Å². The molecule has 0 aliphatic carbocycles. The summed E-state index contributed by atoms with van der Waals surface area (Å²) in [5, 5.41) is 0.624. The molecule has 0 radical (unpaired) electrons. The Kier molecular flexibility index (Phi) is 10.5. The van der Waals surface area contributed by atoms with Crippen LogP contribution in [0.5, 0.6) is 11.5 Å². The molecule has 2 aromatic carbocycles. The van der Waals surface area contributed by atoms with Gasteiger partial charge < -0.3 is 14.2 Å². The molecule has 0 spiro atoms. The van der Waals surface area contributed by atoms with Crippen LogP contribution in [0.2, 0.25) is 5.02 Å². The highest BCUT2D eigenvalue weighted by Crippen LogP contribution is 2.40. The van der Waals surface area contributed by atoms with Crippen LogP contribution in [0.4, 0.5) is 0 Å². The lowest BCUT2D eigenvalue weighted by molar-refractivity contribution is -0.143. The average Bonchev–Trinajstić information content (AvgIpc) is 3.09. The molecule has 35 heavy (non-hydrogen) atoms. The van der Waals surface area contributed by atoms with Gasteiger partial charge in [0.25, 0.3) is 5.91 Å². The van der Waals surface area contributed by atoms with Crippen LogP contribution in [0.1, 0.15) is 37.8 Å². The maximum Gasteiger partial charge on any atom is 0.307 e. The number of hydrogen-bond donors (Lipinski definition) is 0. The van der Waals surface area contributed by atoms with Crippen molar-refractivity contribution in [3.8, 4) is 11.5 Å². The maximum absolute atomic E-state index is 12.9. The van der Waals surface area contributed by atoms with Crippen molar-refractivity contribution < 1.29 is 23.8 Å². The molecule has 0 saturated carbocycles. The van der Waals surface area contributed by atoms with Gasteiger partial charge in [-0.2, -0.15) is 0 Å². The predicted molar refractivity (Wildman–Crippen MR) is 147 cm³/mol. The first-order valence-electron chi connectivity index (χ1n) is 11.1. The molecule has 186 valence electrons. The minimum Gasteiger partial charge on any atom is -0.490 e. The predicted octanol–water partition coefficient (Wildman–Crippen LogP) is 6.62. The zero-order valence-electron chi connectivity index (χ0n) is 19.3. The molecule has 10 heteroatoms. The van der Waals surface area contributed by atoms with Crippen LogP contribution in [0, 0.1) is 0 Å². The lowest BCUT2D eigenvalue weighted by Gasteiger charge is -2.15. The van der Waals surface area contributed by atoms with Crippen molar-refractivity contribution in [2.75, 3.05) is 19.8 Å². The second-order valence-electron chi connectivity index (χ2n) is 7.45. The van der Waals surface area contributed by atoms with E-state index in [0.717, 1.165) is 17.5 Å².